The van der Waals surface area contributed by atoms with Gasteiger partial charge in [-0.05, 0) is 49.4 Å². The summed E-state index contributed by atoms with van der Waals surface area (Å²) in [6.07, 6.45) is 0.652. The minimum absolute atomic E-state index is 0.156. The summed E-state index contributed by atoms with van der Waals surface area (Å²) < 4.78 is 10.3. The highest BCUT2D eigenvalue weighted by atomic mass is 35.5. The van der Waals surface area contributed by atoms with Gasteiger partial charge in [0, 0.05) is 5.69 Å². The highest BCUT2D eigenvalue weighted by Crippen LogP contribution is 2.59. The highest BCUT2D eigenvalue weighted by Gasteiger charge is 2.66. The van der Waals surface area contributed by atoms with Crippen molar-refractivity contribution in [1.29, 1.82) is 0 Å². The Morgan fingerprint density at radius 2 is 1.65 bits per heavy atom. The van der Waals surface area contributed by atoms with Crippen LogP contribution in [0.4, 0.5) is 5.69 Å². The number of hydrogen-bond acceptors (Lipinski definition) is 6. The van der Waals surface area contributed by atoms with Gasteiger partial charge in [-0.25, -0.2) is 0 Å². The second kappa shape index (κ2) is 8.67. The van der Waals surface area contributed by atoms with Gasteiger partial charge in [-0.1, -0.05) is 0 Å². The number of fused-ring (bicyclic) bond motifs is 5. The van der Waals surface area contributed by atoms with Crippen molar-refractivity contribution in [2.45, 2.75) is 24.1 Å². The van der Waals surface area contributed by atoms with Crippen LogP contribution in [0.25, 0.3) is 0 Å². The number of esters is 1. The number of alkyl halides is 2. The first-order chi connectivity index (χ1) is 14.8. The molecule has 3 aliphatic rings. The molecule has 1 heterocycles. The van der Waals surface area contributed by atoms with E-state index in [-0.39, 0.29) is 22.6 Å². The molecular formula is C21H22Cl2N2O6. The minimum Gasteiger partial charge on any atom is -0.494 e. The average molecular weight is 469 g/mol. The molecule has 0 aromatic heterocycles. The molecule has 0 spiro atoms. The molecule has 2 saturated carbocycles. The van der Waals surface area contributed by atoms with Gasteiger partial charge in [-0.2, -0.15) is 0 Å². The van der Waals surface area contributed by atoms with Crippen LogP contribution in [-0.4, -0.2) is 59.1 Å². The first kappa shape index (κ1) is 21.9. The van der Waals surface area contributed by atoms with Crippen LogP contribution < -0.4 is 10.1 Å². The standard InChI is InChI=1S/C21H22Cl2N2O6/c1-2-30-11-5-3-10(4-6-11)24-14(26)9-31-15(27)8-25-20(28)16-12-7-13(17(16)21(25)29)19(23)18(12)22/h3-6,12-13,16-19H,2,7-9H2,1H3,(H,24,26)/t12-,13-,16-,17+,18+,19+/m1/s1. The number of anilines is 1. The van der Waals surface area contributed by atoms with Gasteiger partial charge in [0.1, 0.15) is 12.3 Å². The van der Waals surface area contributed by atoms with Gasteiger partial charge in [0.2, 0.25) is 11.8 Å². The Hall–Kier alpha value is -2.32. The lowest BCUT2D eigenvalue weighted by molar-refractivity contribution is -0.154. The number of likely N-dealkylation sites (tertiary alicyclic amines) is 1. The number of benzene rings is 1. The van der Waals surface area contributed by atoms with E-state index in [2.05, 4.69) is 5.32 Å². The number of nitrogens with zero attached hydrogens (tertiary/aromatic N) is 1. The second-order valence-corrected chi connectivity index (χ2v) is 8.94. The lowest BCUT2D eigenvalue weighted by Gasteiger charge is -2.28. The third kappa shape index (κ3) is 3.99. The van der Waals surface area contributed by atoms with Gasteiger partial charge in [-0.15, -0.1) is 23.2 Å². The van der Waals surface area contributed by atoms with Crippen molar-refractivity contribution in [3.63, 3.8) is 0 Å². The summed E-state index contributed by atoms with van der Waals surface area (Å²) in [7, 11) is 0. The number of hydrogen-bond donors (Lipinski definition) is 1. The van der Waals surface area contributed by atoms with E-state index in [1.807, 2.05) is 6.92 Å². The predicted molar refractivity (Wildman–Crippen MR) is 112 cm³/mol. The third-order valence-corrected chi connectivity index (χ3v) is 7.50. The first-order valence-electron chi connectivity index (χ1n) is 10.1. The summed E-state index contributed by atoms with van der Waals surface area (Å²) in [5.74, 6) is -2.88. The smallest absolute Gasteiger partial charge is 0.326 e. The van der Waals surface area contributed by atoms with Crippen LogP contribution in [0.1, 0.15) is 13.3 Å². The SMILES string of the molecule is CCOc1ccc(NC(=O)COC(=O)CN2C(=O)[C@@H]3[C@H]4C[C@@H]([C@H](Cl)[C@H]4Cl)[C@@H]3C2=O)cc1. The summed E-state index contributed by atoms with van der Waals surface area (Å²) in [6, 6.07) is 6.73. The maximum absolute atomic E-state index is 12.7. The van der Waals surface area contributed by atoms with Crippen LogP contribution >= 0.6 is 23.2 Å². The number of rotatable bonds is 7. The van der Waals surface area contributed by atoms with Gasteiger partial charge >= 0.3 is 5.97 Å². The fourth-order valence-electron chi connectivity index (χ4n) is 4.89. The highest BCUT2D eigenvalue weighted by molar-refractivity contribution is 6.31. The Kier molecular flexibility index (Phi) is 6.12. The number of carbonyl (C=O) groups excluding carboxylic acids is 4. The third-order valence-electron chi connectivity index (χ3n) is 6.18. The van der Waals surface area contributed by atoms with Crippen molar-refractivity contribution < 1.29 is 28.7 Å². The molecular weight excluding hydrogens is 447 g/mol. The first-order valence-corrected chi connectivity index (χ1v) is 11.0. The summed E-state index contributed by atoms with van der Waals surface area (Å²) in [5, 5.41) is 1.87. The minimum atomic E-state index is -0.833. The van der Waals surface area contributed by atoms with Crippen LogP contribution in [0, 0.1) is 23.7 Å². The summed E-state index contributed by atoms with van der Waals surface area (Å²) in [6.45, 7) is 1.34. The van der Waals surface area contributed by atoms with Gasteiger partial charge < -0.3 is 14.8 Å². The number of ether oxygens (including phenoxy) is 2. The van der Waals surface area contributed by atoms with E-state index >= 15 is 0 Å². The quantitative estimate of drug-likeness (QED) is 0.373. The number of imide groups is 1. The average Bonchev–Trinajstić information content (AvgIpc) is 3.35. The number of carbonyl (C=O) groups is 4. The molecule has 0 unspecified atom stereocenters. The molecule has 166 valence electrons. The molecule has 0 radical (unpaired) electrons. The molecule has 3 amide bonds. The predicted octanol–water partition coefficient (Wildman–Crippen LogP) is 2.03. The molecule has 10 heteroatoms. The maximum atomic E-state index is 12.7. The zero-order valence-electron chi connectivity index (χ0n) is 16.8. The fourth-order valence-corrected chi connectivity index (χ4v) is 5.78. The lowest BCUT2D eigenvalue weighted by Crippen LogP contribution is -2.38. The maximum Gasteiger partial charge on any atom is 0.326 e. The molecule has 4 rings (SSSR count). The summed E-state index contributed by atoms with van der Waals surface area (Å²) in [4.78, 5) is 50.6. The topological polar surface area (TPSA) is 102 Å². The van der Waals surface area contributed by atoms with E-state index in [4.69, 9.17) is 32.7 Å². The van der Waals surface area contributed by atoms with E-state index in [0.717, 1.165) is 4.90 Å². The van der Waals surface area contributed by atoms with Crippen molar-refractivity contribution in [2.24, 2.45) is 23.7 Å². The zero-order valence-corrected chi connectivity index (χ0v) is 18.3. The monoisotopic (exact) mass is 468 g/mol. The van der Waals surface area contributed by atoms with Crippen molar-refractivity contribution in [3.05, 3.63) is 24.3 Å². The largest absolute Gasteiger partial charge is 0.494 e. The van der Waals surface area contributed by atoms with Gasteiger partial charge in [0.15, 0.2) is 6.61 Å². The normalized spacial score (nSPS) is 31.0. The van der Waals surface area contributed by atoms with Crippen molar-refractivity contribution >= 4 is 52.6 Å². The Morgan fingerprint density at radius 3 is 2.19 bits per heavy atom. The van der Waals surface area contributed by atoms with Crippen LogP contribution in [0.3, 0.4) is 0 Å². The van der Waals surface area contributed by atoms with Crippen LogP contribution in [-0.2, 0) is 23.9 Å². The molecule has 2 aliphatic carbocycles. The van der Waals surface area contributed by atoms with Crippen molar-refractivity contribution in [3.8, 4) is 5.75 Å². The Balaban J connectivity index is 1.28. The number of halogens is 2. The summed E-state index contributed by atoms with van der Waals surface area (Å²) in [5.41, 5.74) is 0.518. The van der Waals surface area contributed by atoms with Gasteiger partial charge in [0.05, 0.1) is 29.2 Å². The number of amides is 3. The van der Waals surface area contributed by atoms with Gasteiger partial charge in [-0.3, -0.25) is 24.1 Å². The van der Waals surface area contributed by atoms with E-state index < -0.39 is 48.7 Å². The van der Waals surface area contributed by atoms with E-state index in [1.165, 1.54) is 0 Å². The van der Waals surface area contributed by atoms with Crippen LogP contribution in [0.15, 0.2) is 24.3 Å². The van der Waals surface area contributed by atoms with E-state index in [1.54, 1.807) is 24.3 Å². The molecule has 8 nitrogen and oxygen atoms in total. The molecule has 3 fully saturated rings. The fraction of sp³-hybridized carbons (Fsp3) is 0.524. The molecule has 31 heavy (non-hydrogen) atoms. The van der Waals surface area contributed by atoms with E-state index in [9.17, 15) is 19.2 Å². The molecule has 2 bridgehead atoms. The van der Waals surface area contributed by atoms with Gasteiger partial charge in [0.25, 0.3) is 5.91 Å². The molecule has 1 aliphatic heterocycles. The summed E-state index contributed by atoms with van der Waals surface area (Å²) >= 11 is 12.6. The molecule has 1 aromatic carbocycles. The molecule has 1 saturated heterocycles. The lowest BCUT2D eigenvalue weighted by atomic mass is 9.80. The van der Waals surface area contributed by atoms with E-state index in [0.29, 0.717) is 24.5 Å². The molecule has 1 N–H and O–H groups in total. The Labute approximate surface area is 189 Å². The number of nitrogens with one attached hydrogen (secondary N) is 1. The van der Waals surface area contributed by atoms with Crippen LogP contribution in [0.5, 0.6) is 5.75 Å². The second-order valence-electron chi connectivity index (χ2n) is 7.93. The zero-order chi connectivity index (χ0) is 22.3. The van der Waals surface area contributed by atoms with Crippen LogP contribution in [0.2, 0.25) is 0 Å². The Morgan fingerprint density at radius 1 is 1.06 bits per heavy atom. The van der Waals surface area contributed by atoms with Crippen molar-refractivity contribution in [2.75, 3.05) is 25.1 Å². The Bertz CT molecular complexity index is 876. The molecule has 1 aromatic rings. The molecule has 6 atom stereocenters. The van der Waals surface area contributed by atoms with Crippen molar-refractivity contribution in [1.82, 2.24) is 4.90 Å².